The first kappa shape index (κ1) is 18.8. The normalized spacial score (nSPS) is 18.2. The fourth-order valence-corrected chi connectivity index (χ4v) is 3.45. The molecular formula is C17H23ClN4O4. The van der Waals surface area contributed by atoms with Crippen molar-refractivity contribution in [3.8, 4) is 0 Å². The monoisotopic (exact) mass is 382 g/mol. The Hall–Kier alpha value is -2.03. The van der Waals surface area contributed by atoms with Crippen molar-refractivity contribution in [1.82, 2.24) is 9.80 Å². The van der Waals surface area contributed by atoms with Gasteiger partial charge in [-0.2, -0.15) is 0 Å². The van der Waals surface area contributed by atoms with Gasteiger partial charge < -0.3 is 29.9 Å². The van der Waals surface area contributed by atoms with Crippen LogP contribution in [0.3, 0.4) is 0 Å². The topological polar surface area (TPSA) is 85.4 Å². The van der Waals surface area contributed by atoms with Crippen molar-refractivity contribution in [2.24, 2.45) is 0 Å². The number of aliphatic hydroxyl groups excluding tert-OH is 1. The van der Waals surface area contributed by atoms with E-state index in [4.69, 9.17) is 21.4 Å². The number of ether oxygens (including phenoxy) is 1. The molecule has 2 N–H and O–H groups in total. The third-order valence-electron chi connectivity index (χ3n) is 4.53. The number of halogens is 1. The minimum Gasteiger partial charge on any atom is -0.395 e. The van der Waals surface area contributed by atoms with E-state index in [0.717, 1.165) is 5.69 Å². The van der Waals surface area contributed by atoms with Crippen LogP contribution in [0.15, 0.2) is 18.2 Å². The molecule has 9 heteroatoms. The van der Waals surface area contributed by atoms with Crippen molar-refractivity contribution >= 4 is 34.9 Å². The Kier molecular flexibility index (Phi) is 6.18. The molecule has 1 aromatic rings. The molecule has 142 valence electrons. The Balaban J connectivity index is 1.70. The molecule has 2 saturated heterocycles. The first-order valence-electron chi connectivity index (χ1n) is 8.66. The zero-order valence-electron chi connectivity index (χ0n) is 14.5. The Morgan fingerprint density at radius 3 is 2.69 bits per heavy atom. The van der Waals surface area contributed by atoms with E-state index < -0.39 is 0 Å². The number of hydrogen-bond acceptors (Lipinski definition) is 5. The molecule has 0 bridgehead atoms. The summed E-state index contributed by atoms with van der Waals surface area (Å²) in [5.41, 5.74) is 1.39. The number of carbonyl (C=O) groups excluding carboxylic acids is 2. The molecule has 0 aliphatic carbocycles. The van der Waals surface area contributed by atoms with Gasteiger partial charge in [0.15, 0.2) is 0 Å². The fourth-order valence-electron chi connectivity index (χ4n) is 3.16. The summed E-state index contributed by atoms with van der Waals surface area (Å²) in [6.07, 6.45) is 0. The number of urea groups is 1. The highest BCUT2D eigenvalue weighted by Crippen LogP contribution is 2.34. The van der Waals surface area contributed by atoms with Gasteiger partial charge >= 0.3 is 6.03 Å². The van der Waals surface area contributed by atoms with Crippen molar-refractivity contribution in [2.75, 3.05) is 69.3 Å². The van der Waals surface area contributed by atoms with Crippen LogP contribution in [0.2, 0.25) is 5.02 Å². The summed E-state index contributed by atoms with van der Waals surface area (Å²) in [6.45, 7) is 3.67. The van der Waals surface area contributed by atoms with Crippen LogP contribution in [0.1, 0.15) is 0 Å². The summed E-state index contributed by atoms with van der Waals surface area (Å²) in [5, 5.41) is 12.4. The number of aliphatic hydroxyl groups is 1. The number of β-amino-alcohol motifs (C(OH)–C–C–N with tert-alkyl or cyclic N) is 1. The van der Waals surface area contributed by atoms with Crippen molar-refractivity contribution in [1.29, 1.82) is 0 Å². The third kappa shape index (κ3) is 4.20. The summed E-state index contributed by atoms with van der Waals surface area (Å²) >= 11 is 6.38. The van der Waals surface area contributed by atoms with Crippen LogP contribution < -0.4 is 10.2 Å². The van der Waals surface area contributed by atoms with Gasteiger partial charge in [0.2, 0.25) is 5.91 Å². The van der Waals surface area contributed by atoms with Gasteiger partial charge in [-0.1, -0.05) is 17.7 Å². The average molecular weight is 383 g/mol. The SMILES string of the molecule is O=C1CN(C(=O)Nc2cccc(Cl)c2N2CCOCC2)CCN1CCO. The lowest BCUT2D eigenvalue weighted by atomic mass is 10.2. The Morgan fingerprint density at radius 1 is 1.23 bits per heavy atom. The van der Waals surface area contributed by atoms with E-state index in [1.54, 1.807) is 23.1 Å². The molecule has 2 aliphatic heterocycles. The summed E-state index contributed by atoms with van der Waals surface area (Å²) < 4.78 is 5.38. The lowest BCUT2D eigenvalue weighted by Crippen LogP contribution is -2.53. The second-order valence-electron chi connectivity index (χ2n) is 6.19. The summed E-state index contributed by atoms with van der Waals surface area (Å²) in [5.74, 6) is -0.167. The number of anilines is 2. The lowest BCUT2D eigenvalue weighted by Gasteiger charge is -2.35. The highest BCUT2D eigenvalue weighted by molar-refractivity contribution is 6.34. The number of morpholine rings is 1. The number of para-hydroxylation sites is 1. The van der Waals surface area contributed by atoms with Crippen LogP contribution in [-0.2, 0) is 9.53 Å². The molecule has 3 rings (SSSR count). The van der Waals surface area contributed by atoms with E-state index in [0.29, 0.717) is 56.6 Å². The molecule has 0 radical (unpaired) electrons. The Bertz CT molecular complexity index is 666. The molecule has 2 fully saturated rings. The minimum atomic E-state index is -0.334. The maximum atomic E-state index is 12.6. The van der Waals surface area contributed by atoms with Crippen molar-refractivity contribution in [3.63, 3.8) is 0 Å². The second-order valence-corrected chi connectivity index (χ2v) is 6.60. The van der Waals surface area contributed by atoms with Gasteiger partial charge in [0.1, 0.15) is 6.54 Å². The molecule has 0 aromatic heterocycles. The predicted molar refractivity (Wildman–Crippen MR) is 98.7 cm³/mol. The van der Waals surface area contributed by atoms with E-state index in [1.165, 1.54) is 4.90 Å². The molecule has 26 heavy (non-hydrogen) atoms. The second kappa shape index (κ2) is 8.57. The number of rotatable bonds is 4. The Morgan fingerprint density at radius 2 is 2.00 bits per heavy atom. The minimum absolute atomic E-state index is 0.000708. The first-order valence-corrected chi connectivity index (χ1v) is 9.03. The number of piperazine rings is 1. The number of amides is 3. The van der Waals surface area contributed by atoms with Crippen molar-refractivity contribution in [2.45, 2.75) is 0 Å². The molecule has 2 aliphatic rings. The molecule has 0 saturated carbocycles. The van der Waals surface area contributed by atoms with E-state index in [2.05, 4.69) is 10.2 Å². The van der Waals surface area contributed by atoms with E-state index in [9.17, 15) is 9.59 Å². The van der Waals surface area contributed by atoms with Crippen LogP contribution in [0, 0.1) is 0 Å². The van der Waals surface area contributed by atoms with Gasteiger partial charge in [0, 0.05) is 32.7 Å². The van der Waals surface area contributed by atoms with Crippen LogP contribution in [0.5, 0.6) is 0 Å². The molecule has 2 heterocycles. The smallest absolute Gasteiger partial charge is 0.322 e. The van der Waals surface area contributed by atoms with Crippen LogP contribution in [0.4, 0.5) is 16.2 Å². The standard InChI is InChI=1S/C17H23ClN4O4/c18-13-2-1-3-14(16(13)21-7-10-26-11-8-21)19-17(25)22-5-4-20(6-9-23)15(24)12-22/h1-3,23H,4-12H2,(H,19,25). The molecule has 3 amide bonds. The maximum absolute atomic E-state index is 12.6. The molecule has 8 nitrogen and oxygen atoms in total. The highest BCUT2D eigenvalue weighted by Gasteiger charge is 2.27. The van der Waals surface area contributed by atoms with E-state index in [-0.39, 0.29) is 25.1 Å². The number of nitrogens with zero attached hydrogens (tertiary/aromatic N) is 3. The van der Waals surface area contributed by atoms with Gasteiger partial charge in [0.05, 0.1) is 36.2 Å². The lowest BCUT2D eigenvalue weighted by molar-refractivity contribution is -0.135. The summed E-state index contributed by atoms with van der Waals surface area (Å²) in [6, 6.07) is 5.04. The molecule has 1 aromatic carbocycles. The largest absolute Gasteiger partial charge is 0.395 e. The van der Waals surface area contributed by atoms with Crippen molar-refractivity contribution < 1.29 is 19.4 Å². The van der Waals surface area contributed by atoms with Crippen molar-refractivity contribution in [3.05, 3.63) is 23.2 Å². The highest BCUT2D eigenvalue weighted by atomic mass is 35.5. The van der Waals surface area contributed by atoms with Gasteiger partial charge in [-0.25, -0.2) is 4.79 Å². The number of carbonyl (C=O) groups is 2. The third-order valence-corrected chi connectivity index (χ3v) is 4.84. The first-order chi connectivity index (χ1) is 12.6. The number of benzene rings is 1. The average Bonchev–Trinajstić information content (AvgIpc) is 2.64. The van der Waals surface area contributed by atoms with E-state index in [1.807, 2.05) is 0 Å². The predicted octanol–water partition coefficient (Wildman–Crippen LogP) is 0.845. The molecule has 0 spiro atoms. The van der Waals surface area contributed by atoms with Crippen LogP contribution in [0.25, 0.3) is 0 Å². The molecular weight excluding hydrogens is 360 g/mol. The number of hydrogen-bond donors (Lipinski definition) is 2. The van der Waals surface area contributed by atoms with Gasteiger partial charge in [-0.3, -0.25) is 4.79 Å². The fraction of sp³-hybridized carbons (Fsp3) is 0.529. The number of nitrogens with one attached hydrogen (secondary N) is 1. The Labute approximate surface area is 157 Å². The zero-order valence-corrected chi connectivity index (χ0v) is 15.2. The quantitative estimate of drug-likeness (QED) is 0.806. The molecule has 0 atom stereocenters. The van der Waals surface area contributed by atoms with E-state index >= 15 is 0 Å². The van der Waals surface area contributed by atoms with Crippen LogP contribution >= 0.6 is 11.6 Å². The maximum Gasteiger partial charge on any atom is 0.322 e. The van der Waals surface area contributed by atoms with Crippen LogP contribution in [-0.4, -0.2) is 85.9 Å². The van der Waals surface area contributed by atoms with Gasteiger partial charge in [-0.15, -0.1) is 0 Å². The summed E-state index contributed by atoms with van der Waals surface area (Å²) in [4.78, 5) is 29.8. The van der Waals surface area contributed by atoms with Gasteiger partial charge in [-0.05, 0) is 12.1 Å². The van der Waals surface area contributed by atoms with Gasteiger partial charge in [0.25, 0.3) is 0 Å². The molecule has 0 unspecified atom stereocenters. The zero-order chi connectivity index (χ0) is 18.5. The summed E-state index contributed by atoms with van der Waals surface area (Å²) in [7, 11) is 0.